The third kappa shape index (κ3) is 5.35. The van der Waals surface area contributed by atoms with Crippen molar-refractivity contribution in [1.82, 2.24) is 10.2 Å². The Morgan fingerprint density at radius 3 is 2.40 bits per heavy atom. The van der Waals surface area contributed by atoms with Crippen molar-refractivity contribution in [1.29, 1.82) is 0 Å². The predicted molar refractivity (Wildman–Crippen MR) is 85.2 cm³/mol. The van der Waals surface area contributed by atoms with Gasteiger partial charge in [0.15, 0.2) is 0 Å². The van der Waals surface area contributed by atoms with Gasteiger partial charge < -0.3 is 10.1 Å². The van der Waals surface area contributed by atoms with E-state index in [0.717, 1.165) is 38.5 Å². The number of ether oxygens (including phenoxy) is 1. The van der Waals surface area contributed by atoms with E-state index in [1.54, 1.807) is 0 Å². The number of nitrogens with zero attached hydrogens (tertiary/aromatic N) is 1. The zero-order chi connectivity index (χ0) is 14.4. The van der Waals surface area contributed by atoms with Crippen molar-refractivity contribution in [3.05, 3.63) is 35.9 Å². The highest BCUT2D eigenvalue weighted by Gasteiger charge is 2.11. The van der Waals surface area contributed by atoms with Crippen LogP contribution < -0.4 is 10.1 Å². The lowest BCUT2D eigenvalue weighted by molar-refractivity contribution is 0.131. The van der Waals surface area contributed by atoms with Gasteiger partial charge in [0.25, 0.3) is 0 Å². The van der Waals surface area contributed by atoms with Gasteiger partial charge in [0.2, 0.25) is 0 Å². The number of piperazine rings is 1. The molecule has 1 aliphatic heterocycles. The van der Waals surface area contributed by atoms with Crippen LogP contribution in [0.4, 0.5) is 0 Å². The molecule has 0 radical (unpaired) electrons. The summed E-state index contributed by atoms with van der Waals surface area (Å²) in [6.45, 7) is 11.7. The fraction of sp³-hybridized carbons (Fsp3) is 0.529. The Hall–Kier alpha value is -1.32. The molecule has 0 unspecified atom stereocenters. The summed E-state index contributed by atoms with van der Waals surface area (Å²) in [5.74, 6) is 0.928. The van der Waals surface area contributed by atoms with Crippen molar-refractivity contribution in [2.24, 2.45) is 0 Å². The molecule has 0 saturated carbocycles. The minimum Gasteiger partial charge on any atom is -0.488 e. The van der Waals surface area contributed by atoms with Crippen molar-refractivity contribution in [2.45, 2.75) is 26.4 Å². The molecular formula is C17H26N2O. The second kappa shape index (κ2) is 6.91. The summed E-state index contributed by atoms with van der Waals surface area (Å²) in [4.78, 5) is 2.46. The van der Waals surface area contributed by atoms with Crippen molar-refractivity contribution < 1.29 is 4.74 Å². The molecule has 1 fully saturated rings. The topological polar surface area (TPSA) is 24.5 Å². The Bertz CT molecular complexity index is 425. The molecule has 1 N–H and O–H groups in total. The van der Waals surface area contributed by atoms with E-state index < -0.39 is 0 Å². The van der Waals surface area contributed by atoms with Crippen molar-refractivity contribution >= 4 is 6.08 Å². The third-order valence-corrected chi connectivity index (χ3v) is 3.19. The summed E-state index contributed by atoms with van der Waals surface area (Å²) < 4.78 is 5.82. The third-order valence-electron chi connectivity index (χ3n) is 3.19. The van der Waals surface area contributed by atoms with Crippen LogP contribution in [0, 0.1) is 0 Å². The van der Waals surface area contributed by atoms with E-state index >= 15 is 0 Å². The van der Waals surface area contributed by atoms with Crippen LogP contribution in [0.5, 0.6) is 5.75 Å². The molecule has 0 amide bonds. The molecule has 0 aromatic heterocycles. The van der Waals surface area contributed by atoms with Crippen LogP contribution in [0.15, 0.2) is 30.3 Å². The Labute approximate surface area is 122 Å². The van der Waals surface area contributed by atoms with E-state index in [-0.39, 0.29) is 5.60 Å². The fourth-order valence-corrected chi connectivity index (χ4v) is 2.23. The Balaban J connectivity index is 1.83. The largest absolute Gasteiger partial charge is 0.488 e. The molecule has 1 aliphatic rings. The number of rotatable bonds is 4. The molecule has 1 saturated heterocycles. The highest BCUT2D eigenvalue weighted by molar-refractivity contribution is 5.50. The first-order valence-corrected chi connectivity index (χ1v) is 7.42. The summed E-state index contributed by atoms with van der Waals surface area (Å²) >= 11 is 0. The monoisotopic (exact) mass is 274 g/mol. The van der Waals surface area contributed by atoms with Crippen LogP contribution in [-0.4, -0.2) is 43.2 Å². The Morgan fingerprint density at radius 2 is 1.80 bits per heavy atom. The van der Waals surface area contributed by atoms with Gasteiger partial charge in [0.05, 0.1) is 0 Å². The number of benzene rings is 1. The highest BCUT2D eigenvalue weighted by Crippen LogP contribution is 2.18. The second-order valence-corrected chi connectivity index (χ2v) is 6.24. The number of hydrogen-bond donors (Lipinski definition) is 1. The highest BCUT2D eigenvalue weighted by atomic mass is 16.5. The van der Waals surface area contributed by atoms with Gasteiger partial charge in [0.1, 0.15) is 11.4 Å². The first-order valence-electron chi connectivity index (χ1n) is 7.42. The summed E-state index contributed by atoms with van der Waals surface area (Å²) in [5, 5.41) is 3.37. The Kier molecular flexibility index (Phi) is 5.21. The first-order chi connectivity index (χ1) is 9.53. The number of nitrogens with one attached hydrogen (secondary N) is 1. The molecule has 0 aliphatic carbocycles. The SMILES string of the molecule is CC(C)(C)Oc1ccc(/C=C/CN2CCNCC2)cc1. The quantitative estimate of drug-likeness (QED) is 0.913. The van der Waals surface area contributed by atoms with Crippen molar-refractivity contribution in [3.63, 3.8) is 0 Å². The number of hydrogen-bond acceptors (Lipinski definition) is 3. The van der Waals surface area contributed by atoms with E-state index in [2.05, 4.69) is 55.3 Å². The first kappa shape index (κ1) is 15.1. The maximum atomic E-state index is 5.82. The molecule has 3 heteroatoms. The van der Waals surface area contributed by atoms with Crippen LogP contribution in [0.2, 0.25) is 0 Å². The maximum Gasteiger partial charge on any atom is 0.120 e. The molecule has 110 valence electrons. The van der Waals surface area contributed by atoms with E-state index in [4.69, 9.17) is 4.74 Å². The lowest BCUT2D eigenvalue weighted by Crippen LogP contribution is -2.43. The summed E-state index contributed by atoms with van der Waals surface area (Å²) in [6.07, 6.45) is 4.42. The molecule has 1 heterocycles. The lowest BCUT2D eigenvalue weighted by atomic mass is 10.1. The molecule has 20 heavy (non-hydrogen) atoms. The standard InChI is InChI=1S/C17H26N2O/c1-17(2,3)20-16-8-6-15(7-9-16)5-4-12-19-13-10-18-11-14-19/h4-9,18H,10-14H2,1-3H3/b5-4+. The second-order valence-electron chi connectivity index (χ2n) is 6.24. The average Bonchev–Trinajstić information content (AvgIpc) is 2.40. The van der Waals surface area contributed by atoms with Gasteiger partial charge in [-0.05, 0) is 38.5 Å². The summed E-state index contributed by atoms with van der Waals surface area (Å²) in [6, 6.07) is 8.29. The van der Waals surface area contributed by atoms with Crippen LogP contribution in [-0.2, 0) is 0 Å². The van der Waals surface area contributed by atoms with Gasteiger partial charge in [0, 0.05) is 32.7 Å². The van der Waals surface area contributed by atoms with Crippen molar-refractivity contribution in [3.8, 4) is 5.75 Å². The van der Waals surface area contributed by atoms with Gasteiger partial charge in [-0.3, -0.25) is 4.90 Å². The van der Waals surface area contributed by atoms with Crippen LogP contribution >= 0.6 is 0 Å². The van der Waals surface area contributed by atoms with Gasteiger partial charge in [-0.15, -0.1) is 0 Å². The van der Waals surface area contributed by atoms with Crippen LogP contribution in [0.3, 0.4) is 0 Å². The Morgan fingerprint density at radius 1 is 1.15 bits per heavy atom. The average molecular weight is 274 g/mol. The van der Waals surface area contributed by atoms with E-state index in [0.29, 0.717) is 0 Å². The summed E-state index contributed by atoms with van der Waals surface area (Å²) in [5.41, 5.74) is 1.08. The van der Waals surface area contributed by atoms with E-state index in [1.807, 2.05) is 12.1 Å². The van der Waals surface area contributed by atoms with E-state index in [9.17, 15) is 0 Å². The van der Waals surface area contributed by atoms with Gasteiger partial charge in [-0.2, -0.15) is 0 Å². The normalized spacial score (nSPS) is 17.6. The van der Waals surface area contributed by atoms with Gasteiger partial charge in [-0.25, -0.2) is 0 Å². The molecule has 0 spiro atoms. The molecular weight excluding hydrogens is 248 g/mol. The van der Waals surface area contributed by atoms with Crippen LogP contribution in [0.1, 0.15) is 26.3 Å². The molecule has 0 bridgehead atoms. The van der Waals surface area contributed by atoms with Gasteiger partial charge >= 0.3 is 0 Å². The summed E-state index contributed by atoms with van der Waals surface area (Å²) in [7, 11) is 0. The zero-order valence-corrected chi connectivity index (χ0v) is 12.9. The zero-order valence-electron chi connectivity index (χ0n) is 12.9. The fourth-order valence-electron chi connectivity index (χ4n) is 2.23. The molecule has 1 aromatic carbocycles. The van der Waals surface area contributed by atoms with Gasteiger partial charge in [-0.1, -0.05) is 24.3 Å². The minimum absolute atomic E-state index is 0.139. The predicted octanol–water partition coefficient (Wildman–Crippen LogP) is 2.78. The molecule has 1 aromatic rings. The smallest absolute Gasteiger partial charge is 0.120 e. The maximum absolute atomic E-state index is 5.82. The molecule has 2 rings (SSSR count). The van der Waals surface area contributed by atoms with Crippen molar-refractivity contribution in [2.75, 3.05) is 32.7 Å². The minimum atomic E-state index is -0.139. The van der Waals surface area contributed by atoms with E-state index in [1.165, 1.54) is 5.56 Å². The lowest BCUT2D eigenvalue weighted by Gasteiger charge is -2.25. The molecule has 0 atom stereocenters. The molecule has 3 nitrogen and oxygen atoms in total. The van der Waals surface area contributed by atoms with Crippen LogP contribution in [0.25, 0.3) is 6.08 Å².